The number of hydrogen-bond acceptors (Lipinski definition) is 8. The van der Waals surface area contributed by atoms with E-state index in [0.717, 1.165) is 5.57 Å². The molecular weight excluding hydrogens is 356 g/mol. The van der Waals surface area contributed by atoms with Crippen molar-refractivity contribution in [2.45, 2.75) is 70.2 Å². The first kappa shape index (κ1) is 18.9. The Morgan fingerprint density at radius 2 is 1.96 bits per heavy atom. The summed E-state index contributed by atoms with van der Waals surface area (Å²) >= 11 is 0. The lowest BCUT2D eigenvalue weighted by molar-refractivity contribution is -0.262. The van der Waals surface area contributed by atoms with E-state index in [1.54, 1.807) is 0 Å². The second-order valence-electron chi connectivity index (χ2n) is 8.43. The molecule has 2 N–H and O–H groups in total. The van der Waals surface area contributed by atoms with Gasteiger partial charge in [-0.25, -0.2) is 0 Å². The summed E-state index contributed by atoms with van der Waals surface area (Å²) in [5.41, 5.74) is -2.09. The summed E-state index contributed by atoms with van der Waals surface area (Å²) in [5, 5.41) is 22.2. The first-order chi connectivity index (χ1) is 12.6. The minimum absolute atomic E-state index is 0.128. The van der Waals surface area contributed by atoms with Gasteiger partial charge in [-0.05, 0) is 13.3 Å². The van der Waals surface area contributed by atoms with Crippen molar-refractivity contribution in [2.75, 3.05) is 13.2 Å². The van der Waals surface area contributed by atoms with Gasteiger partial charge in [0.15, 0.2) is 0 Å². The maximum Gasteiger partial charge on any atom is 0.303 e. The molecule has 8 heteroatoms. The molecule has 27 heavy (non-hydrogen) atoms. The molecule has 2 aliphatic carbocycles. The van der Waals surface area contributed by atoms with Crippen molar-refractivity contribution < 1.29 is 38.7 Å². The molecule has 1 saturated carbocycles. The molecular formula is C19H26O8. The van der Waals surface area contributed by atoms with Gasteiger partial charge < -0.3 is 29.2 Å². The van der Waals surface area contributed by atoms with Crippen LogP contribution in [0.25, 0.3) is 0 Å². The average molecular weight is 382 g/mol. The first-order valence-corrected chi connectivity index (χ1v) is 9.23. The molecule has 8 nitrogen and oxygen atoms in total. The SMILES string of the molecule is CC(=O)OC[C@]12[C@H](O)CC(C)=C[C@H]1O[C@@H]1[C@H](O)[C@@H](OC(C)=O)[C@]2(C)[C@]12CO2. The van der Waals surface area contributed by atoms with Crippen molar-refractivity contribution in [1.82, 2.24) is 0 Å². The van der Waals surface area contributed by atoms with E-state index in [1.807, 2.05) is 19.9 Å². The van der Waals surface area contributed by atoms with Crippen LogP contribution in [0.4, 0.5) is 0 Å². The molecule has 0 aromatic heterocycles. The Morgan fingerprint density at radius 1 is 1.30 bits per heavy atom. The Kier molecular flexibility index (Phi) is 4.03. The summed E-state index contributed by atoms with van der Waals surface area (Å²) < 4.78 is 23.0. The van der Waals surface area contributed by atoms with Gasteiger partial charge in [-0.2, -0.15) is 0 Å². The Balaban J connectivity index is 1.90. The Bertz CT molecular complexity index is 712. The smallest absolute Gasteiger partial charge is 0.303 e. The van der Waals surface area contributed by atoms with Gasteiger partial charge in [0.2, 0.25) is 0 Å². The predicted octanol–water partition coefficient (Wildman–Crippen LogP) is 0.0957. The number of esters is 2. The molecule has 2 saturated heterocycles. The molecule has 0 unspecified atom stereocenters. The standard InChI is InChI=1S/C19H26O8/c1-9-5-12(22)18(7-24-10(2)20)13(6-9)27-16-14(23)15(26-11(3)21)17(18,4)19(16)8-25-19/h6,12-16,22-23H,5,7-8H2,1-4H3/t12-,13-,14-,15-,16-,17+,18+,19+/m1/s1. The van der Waals surface area contributed by atoms with Gasteiger partial charge in [-0.1, -0.05) is 18.6 Å². The highest BCUT2D eigenvalue weighted by Crippen LogP contribution is 2.72. The summed E-state index contributed by atoms with van der Waals surface area (Å²) in [4.78, 5) is 23.4. The van der Waals surface area contributed by atoms with E-state index in [9.17, 15) is 19.8 Å². The van der Waals surface area contributed by atoms with Crippen molar-refractivity contribution in [3.8, 4) is 0 Å². The Labute approximate surface area is 157 Å². The van der Waals surface area contributed by atoms with Crippen LogP contribution in [0.15, 0.2) is 11.6 Å². The average Bonchev–Trinajstić information content (AvgIpc) is 3.34. The fraction of sp³-hybridized carbons (Fsp3) is 0.789. The lowest BCUT2D eigenvalue weighted by Crippen LogP contribution is -2.71. The van der Waals surface area contributed by atoms with E-state index in [1.165, 1.54) is 13.8 Å². The third kappa shape index (κ3) is 2.18. The van der Waals surface area contributed by atoms with E-state index in [2.05, 4.69) is 0 Å². The summed E-state index contributed by atoms with van der Waals surface area (Å²) in [5.74, 6) is -1.03. The van der Waals surface area contributed by atoms with Crippen molar-refractivity contribution in [1.29, 1.82) is 0 Å². The lowest BCUT2D eigenvalue weighted by atomic mass is 9.50. The van der Waals surface area contributed by atoms with Crippen LogP contribution >= 0.6 is 0 Å². The Morgan fingerprint density at radius 3 is 2.52 bits per heavy atom. The minimum Gasteiger partial charge on any atom is -0.465 e. The highest BCUT2D eigenvalue weighted by molar-refractivity contribution is 5.67. The second-order valence-corrected chi connectivity index (χ2v) is 8.43. The highest BCUT2D eigenvalue weighted by atomic mass is 16.7. The van der Waals surface area contributed by atoms with Gasteiger partial charge >= 0.3 is 11.9 Å². The zero-order chi connectivity index (χ0) is 19.8. The molecule has 0 amide bonds. The fourth-order valence-electron chi connectivity index (χ4n) is 5.73. The summed E-state index contributed by atoms with van der Waals surface area (Å²) in [6.07, 6.45) is -2.04. The second kappa shape index (κ2) is 5.76. The molecule has 4 rings (SSSR count). The van der Waals surface area contributed by atoms with Crippen LogP contribution in [0.3, 0.4) is 0 Å². The normalized spacial score (nSPS) is 50.0. The Hall–Kier alpha value is -1.48. The monoisotopic (exact) mass is 382 g/mol. The van der Waals surface area contributed by atoms with E-state index in [4.69, 9.17) is 18.9 Å². The van der Waals surface area contributed by atoms with Crippen molar-refractivity contribution in [3.63, 3.8) is 0 Å². The van der Waals surface area contributed by atoms with Gasteiger partial charge in [0.1, 0.15) is 30.5 Å². The van der Waals surface area contributed by atoms with Gasteiger partial charge in [0.25, 0.3) is 0 Å². The number of fused-ring (bicyclic) bond motifs is 2. The predicted molar refractivity (Wildman–Crippen MR) is 90.5 cm³/mol. The molecule has 2 heterocycles. The molecule has 0 aromatic carbocycles. The number of aliphatic hydroxyl groups excluding tert-OH is 2. The molecule has 3 fully saturated rings. The molecule has 1 spiro atoms. The highest BCUT2D eigenvalue weighted by Gasteiger charge is 2.87. The number of carbonyl (C=O) groups is 2. The van der Waals surface area contributed by atoms with E-state index in [-0.39, 0.29) is 6.61 Å². The number of aliphatic hydroxyl groups is 2. The minimum atomic E-state index is -1.12. The number of epoxide rings is 1. The van der Waals surface area contributed by atoms with Crippen LogP contribution in [0, 0.1) is 10.8 Å². The van der Waals surface area contributed by atoms with Gasteiger partial charge in [-0.3, -0.25) is 9.59 Å². The van der Waals surface area contributed by atoms with Crippen LogP contribution in [0.2, 0.25) is 0 Å². The molecule has 0 aromatic rings. The van der Waals surface area contributed by atoms with Crippen LogP contribution in [0.5, 0.6) is 0 Å². The molecule has 2 aliphatic heterocycles. The van der Waals surface area contributed by atoms with Gasteiger partial charge in [0.05, 0.1) is 29.6 Å². The van der Waals surface area contributed by atoms with Crippen molar-refractivity contribution in [2.24, 2.45) is 10.8 Å². The summed E-state index contributed by atoms with van der Waals surface area (Å²) in [6.45, 7) is 6.49. The van der Waals surface area contributed by atoms with Crippen LogP contribution in [-0.4, -0.2) is 71.5 Å². The van der Waals surface area contributed by atoms with Crippen molar-refractivity contribution in [3.05, 3.63) is 11.6 Å². The van der Waals surface area contributed by atoms with Crippen molar-refractivity contribution >= 4 is 11.9 Å². The van der Waals surface area contributed by atoms with Gasteiger partial charge in [-0.15, -0.1) is 0 Å². The number of carbonyl (C=O) groups excluding carboxylic acids is 2. The third-order valence-electron chi connectivity index (χ3n) is 7.10. The number of hydrogen-bond donors (Lipinski definition) is 2. The largest absolute Gasteiger partial charge is 0.465 e. The molecule has 0 radical (unpaired) electrons. The van der Waals surface area contributed by atoms with Crippen LogP contribution in [0.1, 0.15) is 34.1 Å². The maximum absolute atomic E-state index is 11.8. The van der Waals surface area contributed by atoms with E-state index >= 15 is 0 Å². The van der Waals surface area contributed by atoms with E-state index < -0.39 is 58.9 Å². The quantitative estimate of drug-likeness (QED) is 0.401. The van der Waals surface area contributed by atoms with Crippen LogP contribution < -0.4 is 0 Å². The molecule has 150 valence electrons. The number of ether oxygens (including phenoxy) is 4. The van der Waals surface area contributed by atoms with Crippen LogP contribution in [-0.2, 0) is 28.5 Å². The van der Waals surface area contributed by atoms with E-state index in [0.29, 0.717) is 13.0 Å². The topological polar surface area (TPSA) is 115 Å². The zero-order valence-corrected chi connectivity index (χ0v) is 15.9. The first-order valence-electron chi connectivity index (χ1n) is 9.23. The zero-order valence-electron chi connectivity index (χ0n) is 15.9. The summed E-state index contributed by atoms with van der Waals surface area (Å²) in [7, 11) is 0. The lowest BCUT2D eigenvalue weighted by Gasteiger charge is -2.59. The molecule has 4 aliphatic rings. The number of rotatable bonds is 3. The maximum atomic E-state index is 11.8. The molecule has 8 atom stereocenters. The molecule has 2 bridgehead atoms. The summed E-state index contributed by atoms with van der Waals surface area (Å²) in [6, 6.07) is 0. The third-order valence-corrected chi connectivity index (χ3v) is 7.10. The van der Waals surface area contributed by atoms with Gasteiger partial charge in [0, 0.05) is 13.8 Å². The fourth-order valence-corrected chi connectivity index (χ4v) is 5.73.